The van der Waals surface area contributed by atoms with Gasteiger partial charge in [0.15, 0.2) is 0 Å². The summed E-state index contributed by atoms with van der Waals surface area (Å²) in [6.45, 7) is 2.03. The number of hydrogen-bond acceptors (Lipinski definition) is 3. The van der Waals surface area contributed by atoms with Gasteiger partial charge in [0, 0.05) is 47.9 Å². The number of rotatable bonds is 2. The third kappa shape index (κ3) is 1.84. The zero-order chi connectivity index (χ0) is 11.8. The smallest absolute Gasteiger partial charge is 0.119 e. The van der Waals surface area contributed by atoms with Crippen LogP contribution in [0.2, 0.25) is 0 Å². The highest BCUT2D eigenvalue weighted by Gasteiger charge is 2.20. The summed E-state index contributed by atoms with van der Waals surface area (Å²) in [4.78, 5) is 0. The first-order chi connectivity index (χ1) is 8.35. The van der Waals surface area contributed by atoms with Crippen LogP contribution in [0.3, 0.4) is 0 Å². The molecule has 0 aliphatic carbocycles. The Balaban J connectivity index is 2.31. The van der Waals surface area contributed by atoms with Crippen molar-refractivity contribution < 1.29 is 4.74 Å². The van der Waals surface area contributed by atoms with Crippen molar-refractivity contribution in [2.75, 3.05) is 13.7 Å². The van der Waals surface area contributed by atoms with Gasteiger partial charge in [-0.3, -0.25) is 3.97 Å². The van der Waals surface area contributed by atoms with Crippen molar-refractivity contribution in [1.29, 1.82) is 0 Å². The molecule has 0 fully saturated rings. The molecule has 3 nitrogen and oxygen atoms in total. The Morgan fingerprint density at radius 2 is 2.35 bits per heavy atom. The Hall–Kier alpha value is -0.400. The van der Waals surface area contributed by atoms with Crippen LogP contribution in [0.25, 0.3) is 10.9 Å². The third-order valence-electron chi connectivity index (χ3n) is 3.25. The van der Waals surface area contributed by atoms with Gasteiger partial charge in [0.05, 0.1) is 12.6 Å². The van der Waals surface area contributed by atoms with E-state index in [2.05, 4.69) is 42.6 Å². The van der Waals surface area contributed by atoms with Gasteiger partial charge in [0.25, 0.3) is 0 Å². The molecule has 5 heteroatoms. The number of nitrogens with zero attached hydrogens (tertiary/aromatic N) is 1. The molecule has 0 spiro atoms. The normalized spacial score (nSPS) is 14.9. The molecule has 0 saturated heterocycles. The Morgan fingerprint density at radius 1 is 1.47 bits per heavy atom. The zero-order valence-electron chi connectivity index (χ0n) is 9.50. The lowest BCUT2D eigenvalue weighted by molar-refractivity contribution is 0.415. The molecular formula is C12H13IN2OS. The number of benzene rings is 1. The van der Waals surface area contributed by atoms with Crippen molar-refractivity contribution in [3.8, 4) is 5.75 Å². The van der Waals surface area contributed by atoms with Crippen LogP contribution < -0.4 is 10.1 Å². The Labute approximate surface area is 117 Å². The average molecular weight is 360 g/mol. The molecule has 2 aromatic rings. The Bertz CT molecular complexity index is 567. The molecule has 90 valence electrons. The Morgan fingerprint density at radius 3 is 3.12 bits per heavy atom. The lowest BCUT2D eigenvalue weighted by Gasteiger charge is -2.14. The molecule has 17 heavy (non-hydrogen) atoms. The van der Waals surface area contributed by atoms with Gasteiger partial charge in [-0.25, -0.2) is 0 Å². The van der Waals surface area contributed by atoms with Gasteiger partial charge >= 0.3 is 0 Å². The van der Waals surface area contributed by atoms with Gasteiger partial charge < -0.3 is 10.1 Å². The maximum absolute atomic E-state index is 5.32. The van der Waals surface area contributed by atoms with Crippen LogP contribution in [0.5, 0.6) is 5.75 Å². The molecule has 0 bridgehead atoms. The average Bonchev–Trinajstić information content (AvgIpc) is 2.71. The van der Waals surface area contributed by atoms with E-state index in [-0.39, 0.29) is 0 Å². The monoisotopic (exact) mass is 360 g/mol. The number of halogens is 1. The van der Waals surface area contributed by atoms with E-state index in [4.69, 9.17) is 4.74 Å². The fourth-order valence-corrected chi connectivity index (χ4v) is 4.28. The molecule has 1 aliphatic heterocycles. The second-order valence-electron chi connectivity index (χ2n) is 4.10. The quantitative estimate of drug-likeness (QED) is 0.834. The van der Waals surface area contributed by atoms with Crippen molar-refractivity contribution in [2.45, 2.75) is 13.0 Å². The molecule has 3 rings (SSSR count). The van der Waals surface area contributed by atoms with Gasteiger partial charge in [-0.05, 0) is 36.7 Å². The van der Waals surface area contributed by atoms with Crippen molar-refractivity contribution in [1.82, 2.24) is 9.29 Å². The van der Waals surface area contributed by atoms with Crippen LogP contribution in [0.4, 0.5) is 0 Å². The number of ether oxygens (including phenoxy) is 1. The minimum absolute atomic E-state index is 0.939. The fraction of sp³-hybridized carbons (Fsp3) is 0.333. The highest BCUT2D eigenvalue weighted by atomic mass is 127. The number of aromatic nitrogens is 1. The van der Waals surface area contributed by atoms with E-state index in [9.17, 15) is 0 Å². The topological polar surface area (TPSA) is 26.2 Å². The third-order valence-corrected chi connectivity index (χ3v) is 4.99. The molecule has 0 radical (unpaired) electrons. The SMILES string of the molecule is COc1ccc2c(c1)c1c(n2SI)CNCC1. The van der Waals surface area contributed by atoms with Gasteiger partial charge in [-0.15, -0.1) is 0 Å². The zero-order valence-corrected chi connectivity index (χ0v) is 12.5. The Kier molecular flexibility index (Phi) is 3.23. The molecule has 2 heterocycles. The van der Waals surface area contributed by atoms with Gasteiger partial charge in [-0.1, -0.05) is 0 Å². The van der Waals surface area contributed by atoms with Crippen LogP contribution in [-0.2, 0) is 13.0 Å². The van der Waals surface area contributed by atoms with Crippen LogP contribution in [0.15, 0.2) is 18.2 Å². The van der Waals surface area contributed by atoms with Gasteiger partial charge in [0.1, 0.15) is 5.75 Å². The molecule has 0 unspecified atom stereocenters. The van der Waals surface area contributed by atoms with Crippen LogP contribution in [0, 0.1) is 0 Å². The summed E-state index contributed by atoms with van der Waals surface area (Å²) in [5.74, 6) is 0.939. The molecule has 1 N–H and O–H groups in total. The summed E-state index contributed by atoms with van der Waals surface area (Å²) in [6, 6.07) is 6.34. The lowest BCUT2D eigenvalue weighted by Crippen LogP contribution is -2.24. The van der Waals surface area contributed by atoms with Crippen LogP contribution in [-0.4, -0.2) is 17.6 Å². The summed E-state index contributed by atoms with van der Waals surface area (Å²) in [6.07, 6.45) is 1.10. The number of nitrogens with one attached hydrogen (secondary N) is 1. The molecule has 1 aromatic heterocycles. The highest BCUT2D eigenvalue weighted by Crippen LogP contribution is 2.35. The lowest BCUT2D eigenvalue weighted by atomic mass is 10.0. The van der Waals surface area contributed by atoms with E-state index in [0.717, 1.165) is 25.3 Å². The first-order valence-corrected chi connectivity index (χ1v) is 8.86. The standard InChI is InChI=1S/C12H13IN2OS/c1-16-8-2-3-11-10(6-8)9-4-5-14-7-12(9)15(11)17-13/h2-3,6,14H,4-5,7H2,1H3. The first-order valence-electron chi connectivity index (χ1n) is 5.55. The minimum Gasteiger partial charge on any atom is -0.497 e. The molecular weight excluding hydrogens is 347 g/mol. The number of fused-ring (bicyclic) bond motifs is 3. The maximum atomic E-state index is 5.32. The summed E-state index contributed by atoms with van der Waals surface area (Å²) in [5, 5.41) is 4.77. The van der Waals surface area contributed by atoms with E-state index >= 15 is 0 Å². The summed E-state index contributed by atoms with van der Waals surface area (Å²) >= 11 is 2.34. The largest absolute Gasteiger partial charge is 0.497 e. The van der Waals surface area contributed by atoms with E-state index in [1.54, 1.807) is 16.2 Å². The van der Waals surface area contributed by atoms with Crippen molar-refractivity contribution >= 4 is 41.2 Å². The van der Waals surface area contributed by atoms with E-state index < -0.39 is 0 Å². The molecule has 1 aromatic carbocycles. The predicted molar refractivity (Wildman–Crippen MR) is 80.9 cm³/mol. The van der Waals surface area contributed by atoms with E-state index in [0.29, 0.717) is 0 Å². The van der Waals surface area contributed by atoms with Gasteiger partial charge in [0.2, 0.25) is 0 Å². The molecule has 0 amide bonds. The highest BCUT2D eigenvalue weighted by molar-refractivity contribution is 14.2. The summed E-state index contributed by atoms with van der Waals surface area (Å²) < 4.78 is 7.64. The van der Waals surface area contributed by atoms with Crippen molar-refractivity contribution in [3.05, 3.63) is 29.5 Å². The van der Waals surface area contributed by atoms with E-state index in [1.807, 2.05) is 6.07 Å². The second kappa shape index (κ2) is 4.70. The predicted octanol–water partition coefficient (Wildman–Crippen LogP) is 3.14. The molecule has 0 atom stereocenters. The van der Waals surface area contributed by atoms with Crippen LogP contribution in [0.1, 0.15) is 11.3 Å². The first kappa shape index (κ1) is 11.7. The molecule has 1 aliphatic rings. The molecule has 0 saturated carbocycles. The summed E-state index contributed by atoms with van der Waals surface area (Å²) in [7, 11) is 3.46. The van der Waals surface area contributed by atoms with Crippen molar-refractivity contribution in [2.24, 2.45) is 0 Å². The van der Waals surface area contributed by atoms with Crippen LogP contribution >= 0.6 is 30.3 Å². The number of hydrogen-bond donors (Lipinski definition) is 1. The van der Waals surface area contributed by atoms with Gasteiger partial charge in [-0.2, -0.15) is 0 Å². The van der Waals surface area contributed by atoms with Crippen molar-refractivity contribution in [3.63, 3.8) is 0 Å². The summed E-state index contributed by atoms with van der Waals surface area (Å²) in [5.41, 5.74) is 4.17. The van der Waals surface area contributed by atoms with E-state index in [1.165, 1.54) is 22.2 Å². The maximum Gasteiger partial charge on any atom is 0.119 e. The minimum atomic E-state index is 0.939. The number of methoxy groups -OCH3 is 1. The second-order valence-corrected chi connectivity index (χ2v) is 5.78. The fourth-order valence-electron chi connectivity index (χ4n) is 2.44.